The van der Waals surface area contributed by atoms with Crippen molar-refractivity contribution in [2.75, 3.05) is 0 Å². The van der Waals surface area contributed by atoms with E-state index in [1.54, 1.807) is 6.92 Å². The summed E-state index contributed by atoms with van der Waals surface area (Å²) >= 11 is 0. The van der Waals surface area contributed by atoms with Crippen molar-refractivity contribution in [3.8, 4) is 5.75 Å². The van der Waals surface area contributed by atoms with Crippen molar-refractivity contribution in [3.63, 3.8) is 0 Å². The van der Waals surface area contributed by atoms with E-state index in [0.29, 0.717) is 11.3 Å². The summed E-state index contributed by atoms with van der Waals surface area (Å²) in [6.07, 6.45) is -1.62. The van der Waals surface area contributed by atoms with E-state index in [9.17, 15) is 14.3 Å². The third-order valence-corrected chi connectivity index (χ3v) is 2.59. The van der Waals surface area contributed by atoms with E-state index >= 15 is 0 Å². The Labute approximate surface area is 119 Å². The number of aliphatic hydroxyl groups is 1. The van der Waals surface area contributed by atoms with Crippen LogP contribution >= 0.6 is 0 Å². The van der Waals surface area contributed by atoms with Crippen molar-refractivity contribution in [2.24, 2.45) is 0 Å². The number of hydrogen-bond donors (Lipinski definition) is 2. The molecule has 2 N–H and O–H groups in total. The molecule has 112 valence electrons. The van der Waals surface area contributed by atoms with Crippen LogP contribution in [-0.4, -0.2) is 22.7 Å². The van der Waals surface area contributed by atoms with Crippen LogP contribution in [0.15, 0.2) is 18.2 Å². The Morgan fingerprint density at radius 1 is 1.35 bits per heavy atom. The molecule has 1 aromatic carbocycles. The van der Waals surface area contributed by atoms with Crippen LogP contribution in [0.1, 0.15) is 46.3 Å². The number of halogens is 1. The van der Waals surface area contributed by atoms with Gasteiger partial charge in [0.25, 0.3) is 5.91 Å². The lowest BCUT2D eigenvalue weighted by molar-refractivity contribution is -0.128. The average Bonchev–Trinajstić information content (AvgIpc) is 2.28. The van der Waals surface area contributed by atoms with Crippen molar-refractivity contribution in [1.82, 2.24) is 5.32 Å². The fourth-order valence-corrected chi connectivity index (χ4v) is 1.67. The average molecular weight is 283 g/mol. The van der Waals surface area contributed by atoms with E-state index in [1.165, 1.54) is 25.1 Å². The molecule has 0 saturated carbocycles. The van der Waals surface area contributed by atoms with Crippen molar-refractivity contribution in [2.45, 2.75) is 52.4 Å². The number of rotatable bonds is 4. The molecule has 20 heavy (non-hydrogen) atoms. The van der Waals surface area contributed by atoms with Gasteiger partial charge in [-0.2, -0.15) is 0 Å². The highest BCUT2D eigenvalue weighted by molar-refractivity contribution is 5.81. The maximum absolute atomic E-state index is 13.2. The van der Waals surface area contributed by atoms with Crippen LogP contribution in [0.3, 0.4) is 0 Å². The fraction of sp³-hybridized carbons (Fsp3) is 0.533. The van der Waals surface area contributed by atoms with Gasteiger partial charge in [-0.15, -0.1) is 0 Å². The molecule has 0 aliphatic heterocycles. The summed E-state index contributed by atoms with van der Waals surface area (Å²) in [6.45, 7) is 8.74. The van der Waals surface area contributed by atoms with Crippen molar-refractivity contribution >= 4 is 5.91 Å². The minimum atomic E-state index is -0.876. The molecule has 0 saturated heterocycles. The van der Waals surface area contributed by atoms with Gasteiger partial charge in [0.05, 0.1) is 6.10 Å². The highest BCUT2D eigenvalue weighted by atomic mass is 19.1. The monoisotopic (exact) mass is 283 g/mol. The first kappa shape index (κ1) is 16.4. The zero-order valence-electron chi connectivity index (χ0n) is 12.5. The molecule has 0 aromatic heterocycles. The molecule has 0 fully saturated rings. The van der Waals surface area contributed by atoms with E-state index in [4.69, 9.17) is 4.74 Å². The summed E-state index contributed by atoms with van der Waals surface area (Å²) < 4.78 is 18.7. The highest BCUT2D eigenvalue weighted by Gasteiger charge is 2.22. The van der Waals surface area contributed by atoms with E-state index in [-0.39, 0.29) is 11.4 Å². The first-order valence-corrected chi connectivity index (χ1v) is 6.56. The molecule has 0 aliphatic carbocycles. The quantitative estimate of drug-likeness (QED) is 0.893. The number of benzene rings is 1. The Balaban J connectivity index is 2.85. The summed E-state index contributed by atoms with van der Waals surface area (Å²) in [6, 6.07) is 3.85. The zero-order chi connectivity index (χ0) is 15.5. The van der Waals surface area contributed by atoms with Crippen LogP contribution in [0.5, 0.6) is 5.75 Å². The predicted molar refractivity (Wildman–Crippen MR) is 75.0 cm³/mol. The molecule has 1 rings (SSSR count). The minimum Gasteiger partial charge on any atom is -0.481 e. The summed E-state index contributed by atoms with van der Waals surface area (Å²) in [4.78, 5) is 11.9. The minimum absolute atomic E-state index is 0.265. The lowest BCUT2D eigenvalue weighted by atomic mass is 10.1. The predicted octanol–water partition coefficient (Wildman–Crippen LogP) is 2.56. The Hall–Kier alpha value is -1.62. The van der Waals surface area contributed by atoms with Crippen LogP contribution < -0.4 is 10.1 Å². The second-order valence-corrected chi connectivity index (χ2v) is 5.86. The molecule has 0 radical (unpaired) electrons. The number of carbonyl (C=O) groups excluding carboxylic acids is 1. The SMILES string of the molecule is CC(Oc1ccc(F)cc1[C@@H](C)O)C(=O)NC(C)(C)C. The van der Waals surface area contributed by atoms with Gasteiger partial charge in [-0.1, -0.05) is 0 Å². The fourth-order valence-electron chi connectivity index (χ4n) is 1.67. The molecule has 0 aliphatic rings. The van der Waals surface area contributed by atoms with Gasteiger partial charge >= 0.3 is 0 Å². The van der Waals surface area contributed by atoms with Crippen LogP contribution in [0.4, 0.5) is 4.39 Å². The number of nitrogens with one attached hydrogen (secondary N) is 1. The molecule has 2 atom stereocenters. The van der Waals surface area contributed by atoms with Gasteiger partial charge < -0.3 is 15.2 Å². The Bertz CT molecular complexity index is 480. The van der Waals surface area contributed by atoms with Gasteiger partial charge in [0.2, 0.25) is 0 Å². The Morgan fingerprint density at radius 2 is 1.95 bits per heavy atom. The topological polar surface area (TPSA) is 58.6 Å². The Morgan fingerprint density at radius 3 is 2.45 bits per heavy atom. The molecule has 1 unspecified atom stereocenters. The number of hydrogen-bond acceptors (Lipinski definition) is 3. The molecule has 5 heteroatoms. The molecule has 0 bridgehead atoms. The molecular formula is C15H22FNO3. The van der Waals surface area contributed by atoms with Gasteiger partial charge in [0.15, 0.2) is 6.10 Å². The van der Waals surface area contributed by atoms with Gasteiger partial charge in [-0.25, -0.2) is 4.39 Å². The number of amides is 1. The standard InChI is InChI=1S/C15H22FNO3/c1-9(18)12-8-11(16)6-7-13(12)20-10(2)14(19)17-15(3,4)5/h6-10,18H,1-5H3,(H,17,19)/t9-,10?/m1/s1. The van der Waals surface area contributed by atoms with Crippen LogP contribution in [0.2, 0.25) is 0 Å². The first-order valence-electron chi connectivity index (χ1n) is 6.56. The van der Waals surface area contributed by atoms with Gasteiger partial charge in [0, 0.05) is 11.1 Å². The molecule has 4 nitrogen and oxygen atoms in total. The van der Waals surface area contributed by atoms with Crippen molar-refractivity contribution in [1.29, 1.82) is 0 Å². The number of carbonyl (C=O) groups is 1. The summed E-state index contributed by atoms with van der Waals surface area (Å²) in [5.41, 5.74) is -0.0367. The lowest BCUT2D eigenvalue weighted by Crippen LogP contribution is -2.46. The number of aliphatic hydroxyl groups excluding tert-OH is 1. The second-order valence-electron chi connectivity index (χ2n) is 5.86. The van der Waals surface area contributed by atoms with E-state index in [1.807, 2.05) is 20.8 Å². The Kier molecular flexibility index (Phi) is 5.11. The molecule has 0 spiro atoms. The molecule has 1 aromatic rings. The van der Waals surface area contributed by atoms with E-state index in [0.717, 1.165) is 0 Å². The normalized spacial score (nSPS) is 14.6. The second kappa shape index (κ2) is 6.22. The zero-order valence-corrected chi connectivity index (χ0v) is 12.5. The summed E-state index contributed by atoms with van der Waals surface area (Å²) in [5.74, 6) is -0.420. The van der Waals surface area contributed by atoms with Gasteiger partial charge in [0.1, 0.15) is 11.6 Å². The van der Waals surface area contributed by atoms with E-state index in [2.05, 4.69) is 5.32 Å². The first-order chi connectivity index (χ1) is 9.10. The smallest absolute Gasteiger partial charge is 0.261 e. The lowest BCUT2D eigenvalue weighted by Gasteiger charge is -2.24. The molecule has 1 amide bonds. The maximum Gasteiger partial charge on any atom is 0.261 e. The van der Waals surface area contributed by atoms with E-state index < -0.39 is 18.0 Å². The van der Waals surface area contributed by atoms with Gasteiger partial charge in [-0.3, -0.25) is 4.79 Å². The largest absolute Gasteiger partial charge is 0.481 e. The third-order valence-electron chi connectivity index (χ3n) is 2.59. The van der Waals surface area contributed by atoms with Crippen LogP contribution in [0.25, 0.3) is 0 Å². The van der Waals surface area contributed by atoms with Crippen molar-refractivity contribution in [3.05, 3.63) is 29.6 Å². The third kappa shape index (κ3) is 4.81. The molecule has 0 heterocycles. The van der Waals surface area contributed by atoms with Crippen LogP contribution in [0, 0.1) is 5.82 Å². The van der Waals surface area contributed by atoms with Gasteiger partial charge in [-0.05, 0) is 52.8 Å². The summed E-state index contributed by atoms with van der Waals surface area (Å²) in [7, 11) is 0. The highest BCUT2D eigenvalue weighted by Crippen LogP contribution is 2.26. The number of ether oxygens (including phenoxy) is 1. The maximum atomic E-state index is 13.2. The van der Waals surface area contributed by atoms with Crippen LogP contribution in [-0.2, 0) is 4.79 Å². The summed E-state index contributed by atoms with van der Waals surface area (Å²) in [5, 5.41) is 12.4. The molecular weight excluding hydrogens is 261 g/mol. The van der Waals surface area contributed by atoms with Crippen molar-refractivity contribution < 1.29 is 19.0 Å².